The second kappa shape index (κ2) is 54.2. The van der Waals surface area contributed by atoms with E-state index in [1.165, 1.54) is 257 Å². The molecule has 12 atom stereocenters. The van der Waals surface area contributed by atoms with Gasteiger partial charge in [0.1, 0.15) is 48.8 Å². The lowest BCUT2D eigenvalue weighted by Gasteiger charge is -2.46. The molecule has 82 heavy (non-hydrogen) atoms. The molecule has 0 aromatic carbocycles. The number of aliphatic hydroxyl groups excluding tert-OH is 8. The summed E-state index contributed by atoms with van der Waals surface area (Å²) in [6.45, 7) is 2.92. The van der Waals surface area contributed by atoms with E-state index in [2.05, 4.69) is 19.2 Å². The van der Waals surface area contributed by atoms with Crippen LogP contribution in [0.4, 0.5) is 0 Å². The number of aliphatic hydroxyl groups is 8. The molecule has 0 spiro atoms. The lowest BCUT2D eigenvalue weighted by Crippen LogP contribution is -2.65. The molecule has 1 amide bonds. The van der Waals surface area contributed by atoms with E-state index in [4.69, 9.17) is 18.9 Å². The van der Waals surface area contributed by atoms with E-state index in [0.29, 0.717) is 12.8 Å². The van der Waals surface area contributed by atoms with E-state index in [1.807, 2.05) is 0 Å². The number of ether oxygens (including phenoxy) is 4. The van der Waals surface area contributed by atoms with E-state index in [1.54, 1.807) is 0 Å². The lowest BCUT2D eigenvalue weighted by molar-refractivity contribution is -0.359. The van der Waals surface area contributed by atoms with Gasteiger partial charge in [-0.2, -0.15) is 0 Å². The number of unbranched alkanes of at least 4 members (excludes halogenated alkanes) is 46. The van der Waals surface area contributed by atoms with Crippen LogP contribution in [0.15, 0.2) is 0 Å². The fourth-order valence-corrected chi connectivity index (χ4v) is 12.2. The van der Waals surface area contributed by atoms with Crippen molar-refractivity contribution in [3.63, 3.8) is 0 Å². The lowest BCUT2D eigenvalue weighted by atomic mass is 9.97. The summed E-state index contributed by atoms with van der Waals surface area (Å²) in [6.07, 6.45) is 47.0. The fraction of sp³-hybridized carbons (Fsp3) is 0.985. The second-order valence-corrected chi connectivity index (χ2v) is 25.4. The molecule has 2 fully saturated rings. The Morgan fingerprint density at radius 1 is 0.390 bits per heavy atom. The number of carbonyl (C=O) groups is 1. The van der Waals surface area contributed by atoms with Crippen molar-refractivity contribution in [2.24, 2.45) is 0 Å². The molecular formula is C68H133NO13. The van der Waals surface area contributed by atoms with Gasteiger partial charge in [-0.05, 0) is 12.8 Å². The van der Waals surface area contributed by atoms with Crippen molar-refractivity contribution >= 4 is 5.91 Å². The van der Waals surface area contributed by atoms with Crippen LogP contribution in [0.5, 0.6) is 0 Å². The zero-order chi connectivity index (χ0) is 59.5. The third-order valence-electron chi connectivity index (χ3n) is 17.8. The van der Waals surface area contributed by atoms with Crippen LogP contribution in [-0.2, 0) is 23.7 Å². The molecule has 0 aromatic rings. The minimum atomic E-state index is -1.78. The summed E-state index contributed by atoms with van der Waals surface area (Å²) in [7, 11) is 0. The first-order valence-corrected chi connectivity index (χ1v) is 35.3. The van der Waals surface area contributed by atoms with Crippen LogP contribution < -0.4 is 5.32 Å². The molecule has 14 heteroatoms. The first-order chi connectivity index (χ1) is 40.1. The maximum Gasteiger partial charge on any atom is 0.220 e. The molecule has 0 aliphatic carbocycles. The molecular weight excluding hydrogens is 1040 g/mol. The van der Waals surface area contributed by atoms with Crippen LogP contribution in [0.3, 0.4) is 0 Å². The van der Waals surface area contributed by atoms with Gasteiger partial charge in [-0.1, -0.05) is 316 Å². The van der Waals surface area contributed by atoms with Crippen LogP contribution >= 0.6 is 0 Å². The van der Waals surface area contributed by atoms with Crippen molar-refractivity contribution in [2.45, 2.75) is 408 Å². The van der Waals surface area contributed by atoms with Crippen LogP contribution in [0.2, 0.25) is 0 Å². The van der Waals surface area contributed by atoms with Gasteiger partial charge in [-0.15, -0.1) is 0 Å². The fourth-order valence-electron chi connectivity index (χ4n) is 12.2. The summed E-state index contributed by atoms with van der Waals surface area (Å²) < 4.78 is 22.9. The molecule has 12 unspecified atom stereocenters. The summed E-state index contributed by atoms with van der Waals surface area (Å²) in [4.78, 5) is 13.3. The van der Waals surface area contributed by atoms with Crippen molar-refractivity contribution in [1.82, 2.24) is 5.32 Å². The smallest absolute Gasteiger partial charge is 0.220 e. The zero-order valence-corrected chi connectivity index (χ0v) is 53.0. The van der Waals surface area contributed by atoms with Crippen molar-refractivity contribution in [3.8, 4) is 0 Å². The van der Waals surface area contributed by atoms with Crippen LogP contribution in [0.1, 0.15) is 335 Å². The highest BCUT2D eigenvalue weighted by molar-refractivity contribution is 5.76. The predicted octanol–water partition coefficient (Wildman–Crippen LogP) is 14.0. The van der Waals surface area contributed by atoms with E-state index in [-0.39, 0.29) is 12.5 Å². The summed E-state index contributed by atoms with van der Waals surface area (Å²) >= 11 is 0. The number of amides is 1. The zero-order valence-electron chi connectivity index (χ0n) is 53.0. The van der Waals surface area contributed by atoms with Crippen LogP contribution in [0, 0.1) is 0 Å². The van der Waals surface area contributed by atoms with Crippen LogP contribution in [-0.4, -0.2) is 140 Å². The van der Waals surface area contributed by atoms with Gasteiger partial charge >= 0.3 is 0 Å². The Balaban J connectivity index is 1.62. The molecule has 9 N–H and O–H groups in total. The highest BCUT2D eigenvalue weighted by Gasteiger charge is 2.51. The molecule has 2 aliphatic rings. The molecule has 0 bridgehead atoms. The molecule has 0 aromatic heterocycles. The number of carbonyl (C=O) groups excluding carboxylic acids is 1. The standard InChI is InChI=1S/C68H133NO13/c1-3-5-7-9-11-13-15-17-19-21-22-23-24-25-26-27-28-29-30-31-32-33-34-35-36-37-39-41-43-45-47-49-51-57(72)56(69-60(73)52-50-48-46-44-42-40-38-20-18-16-14-12-10-8-6-4-2)55-79-67-65(78)63(76)66(59(54-71)81-67)82-68-64(77)62(75)61(74)58(53-70)80-68/h56-59,61-68,70-72,74-78H,3-55H2,1-2H3,(H,69,73). The normalized spacial score (nSPS) is 23.8. The van der Waals surface area contributed by atoms with Crippen molar-refractivity contribution in [2.75, 3.05) is 19.8 Å². The van der Waals surface area contributed by atoms with Gasteiger partial charge in [-0.25, -0.2) is 0 Å². The summed E-state index contributed by atoms with van der Waals surface area (Å²) in [6, 6.07) is -0.824. The molecule has 2 aliphatic heterocycles. The third kappa shape index (κ3) is 38.3. The van der Waals surface area contributed by atoms with Gasteiger partial charge in [-0.3, -0.25) is 4.79 Å². The first kappa shape index (κ1) is 77.1. The van der Waals surface area contributed by atoms with Gasteiger partial charge < -0.3 is 65.1 Å². The minimum Gasteiger partial charge on any atom is -0.394 e. The maximum absolute atomic E-state index is 13.3. The quantitative estimate of drug-likeness (QED) is 0.0259. The summed E-state index contributed by atoms with van der Waals surface area (Å²) in [5, 5.41) is 87.5. The van der Waals surface area contributed by atoms with E-state index in [9.17, 15) is 45.6 Å². The van der Waals surface area contributed by atoms with Gasteiger partial charge in [0.15, 0.2) is 12.6 Å². The molecule has 2 heterocycles. The van der Waals surface area contributed by atoms with Crippen molar-refractivity contribution in [1.29, 1.82) is 0 Å². The van der Waals surface area contributed by atoms with Gasteiger partial charge in [0.25, 0.3) is 0 Å². The monoisotopic (exact) mass is 1170 g/mol. The maximum atomic E-state index is 13.3. The number of rotatable bonds is 59. The average Bonchev–Trinajstić information content (AvgIpc) is 3.53. The van der Waals surface area contributed by atoms with Crippen molar-refractivity contribution in [3.05, 3.63) is 0 Å². The Kier molecular flexibility index (Phi) is 50.9. The topological polar surface area (TPSA) is 228 Å². The largest absolute Gasteiger partial charge is 0.394 e. The Labute approximate surface area is 502 Å². The molecule has 14 nitrogen and oxygen atoms in total. The highest BCUT2D eigenvalue weighted by atomic mass is 16.7. The van der Waals surface area contributed by atoms with E-state index < -0.39 is 86.8 Å². The Bertz CT molecular complexity index is 1380. The number of hydrogen-bond donors (Lipinski definition) is 9. The minimum absolute atomic E-state index is 0.199. The molecule has 0 saturated carbocycles. The Morgan fingerprint density at radius 3 is 1.04 bits per heavy atom. The molecule has 0 radical (unpaired) electrons. The number of hydrogen-bond acceptors (Lipinski definition) is 13. The number of nitrogens with one attached hydrogen (secondary N) is 1. The van der Waals surface area contributed by atoms with Gasteiger partial charge in [0.2, 0.25) is 5.91 Å². The predicted molar refractivity (Wildman–Crippen MR) is 332 cm³/mol. The molecule has 2 saturated heterocycles. The summed E-state index contributed by atoms with van der Waals surface area (Å²) in [5.41, 5.74) is 0. The van der Waals surface area contributed by atoms with Crippen molar-refractivity contribution < 1.29 is 64.6 Å². The molecule has 488 valence electrons. The second-order valence-electron chi connectivity index (χ2n) is 25.4. The average molecular weight is 1170 g/mol. The first-order valence-electron chi connectivity index (χ1n) is 35.3. The van der Waals surface area contributed by atoms with Gasteiger partial charge in [0.05, 0.1) is 32.0 Å². The van der Waals surface area contributed by atoms with Crippen LogP contribution in [0.25, 0.3) is 0 Å². The Hall–Kier alpha value is -1.01. The summed E-state index contributed by atoms with van der Waals surface area (Å²) in [5.74, 6) is -0.199. The van der Waals surface area contributed by atoms with E-state index in [0.717, 1.165) is 51.4 Å². The Morgan fingerprint density at radius 2 is 0.695 bits per heavy atom. The molecule has 2 rings (SSSR count). The third-order valence-corrected chi connectivity index (χ3v) is 17.8. The highest BCUT2D eigenvalue weighted by Crippen LogP contribution is 2.30. The van der Waals surface area contributed by atoms with Gasteiger partial charge in [0, 0.05) is 6.42 Å². The SMILES string of the molecule is CCCCCCCCCCCCCCCCCCCCCCCCCCCCCCCCCCC(O)C(COC1OC(CO)C(OC2OC(CO)C(O)C(O)C2O)C(O)C1O)NC(=O)CCCCCCCCCCCCCCCCCC. The van der Waals surface area contributed by atoms with E-state index >= 15 is 0 Å².